The summed E-state index contributed by atoms with van der Waals surface area (Å²) in [6.07, 6.45) is 3.75. The van der Waals surface area contributed by atoms with Crippen LogP contribution in [0.15, 0.2) is 15.5 Å². The van der Waals surface area contributed by atoms with Gasteiger partial charge in [0, 0.05) is 13.1 Å². The predicted molar refractivity (Wildman–Crippen MR) is 88.2 cm³/mol. The number of halogens is 1. The van der Waals surface area contributed by atoms with Crippen LogP contribution in [-0.2, 0) is 6.54 Å². The van der Waals surface area contributed by atoms with Gasteiger partial charge in [-0.15, -0.1) is 0 Å². The summed E-state index contributed by atoms with van der Waals surface area (Å²) in [7, 11) is 0. The fourth-order valence-corrected chi connectivity index (χ4v) is 2.07. The number of aryl methyl sites for hydroxylation is 1. The lowest BCUT2D eigenvalue weighted by Gasteiger charge is -2.27. The molecule has 0 saturated heterocycles. The molecular formula is C15H26BrN3O. The van der Waals surface area contributed by atoms with Gasteiger partial charge in [0.15, 0.2) is 0 Å². The molecule has 1 heterocycles. The second-order valence-electron chi connectivity index (χ2n) is 6.40. The summed E-state index contributed by atoms with van der Waals surface area (Å²) < 4.78 is 2.09. The molecule has 0 aliphatic heterocycles. The Balaban J connectivity index is 2.78. The van der Waals surface area contributed by atoms with Crippen LogP contribution < -0.4 is 10.9 Å². The number of rotatable bonds is 6. The number of nitrogens with one attached hydrogen (secondary N) is 1. The maximum atomic E-state index is 12.2. The Morgan fingerprint density at radius 1 is 1.45 bits per heavy atom. The smallest absolute Gasteiger partial charge is 0.283 e. The summed E-state index contributed by atoms with van der Waals surface area (Å²) in [5.41, 5.74) is 0.953. The number of hydrogen-bond donors (Lipinski definition) is 1. The predicted octanol–water partition coefficient (Wildman–Crippen LogP) is 3.90. The minimum absolute atomic E-state index is 0.0631. The highest BCUT2D eigenvalue weighted by Crippen LogP contribution is 2.26. The highest BCUT2D eigenvalue weighted by molar-refractivity contribution is 9.10. The van der Waals surface area contributed by atoms with Gasteiger partial charge in [0.2, 0.25) is 0 Å². The lowest BCUT2D eigenvalue weighted by molar-refractivity contribution is 0.274. The molecule has 1 aromatic rings. The van der Waals surface area contributed by atoms with E-state index in [1.807, 2.05) is 0 Å². The maximum Gasteiger partial charge on any atom is 0.283 e. The Bertz CT molecular complexity index is 491. The Labute approximate surface area is 130 Å². The van der Waals surface area contributed by atoms with Gasteiger partial charge in [-0.2, -0.15) is 5.10 Å². The van der Waals surface area contributed by atoms with Gasteiger partial charge < -0.3 is 5.32 Å². The standard InChI is InChI=1S/C15H26BrN3O/c1-6-7-8-19-14(20)13(16)12(10-18-19)17-9-11(2)15(3,4)5/h10-11,17H,6-9H2,1-5H3. The van der Waals surface area contributed by atoms with E-state index >= 15 is 0 Å². The summed E-state index contributed by atoms with van der Waals surface area (Å²) in [5.74, 6) is 0.497. The SMILES string of the molecule is CCCCn1ncc(NCC(C)C(C)(C)C)c(Br)c1=O. The number of aromatic nitrogens is 2. The van der Waals surface area contributed by atoms with Gasteiger partial charge in [-0.1, -0.05) is 41.0 Å². The average Bonchev–Trinajstić information content (AvgIpc) is 2.38. The molecule has 4 nitrogen and oxygen atoms in total. The summed E-state index contributed by atoms with van der Waals surface area (Å²) in [4.78, 5) is 12.2. The summed E-state index contributed by atoms with van der Waals surface area (Å²) in [6.45, 7) is 12.5. The Morgan fingerprint density at radius 3 is 2.65 bits per heavy atom. The Morgan fingerprint density at radius 2 is 2.10 bits per heavy atom. The van der Waals surface area contributed by atoms with Gasteiger partial charge in [-0.05, 0) is 33.7 Å². The first-order chi connectivity index (χ1) is 9.27. The molecule has 0 radical (unpaired) electrons. The van der Waals surface area contributed by atoms with Gasteiger partial charge in [0.25, 0.3) is 5.56 Å². The normalized spacial score (nSPS) is 13.3. The topological polar surface area (TPSA) is 46.9 Å². The third-order valence-corrected chi connectivity index (χ3v) is 4.55. The van der Waals surface area contributed by atoms with E-state index in [1.54, 1.807) is 6.20 Å². The molecule has 20 heavy (non-hydrogen) atoms. The van der Waals surface area contributed by atoms with Crippen LogP contribution >= 0.6 is 15.9 Å². The van der Waals surface area contributed by atoms with Crippen LogP contribution in [-0.4, -0.2) is 16.3 Å². The molecule has 1 rings (SSSR count). The van der Waals surface area contributed by atoms with Crippen LogP contribution in [0.2, 0.25) is 0 Å². The van der Waals surface area contributed by atoms with E-state index in [1.165, 1.54) is 4.68 Å². The largest absolute Gasteiger partial charge is 0.382 e. The molecule has 0 fully saturated rings. The molecule has 1 N–H and O–H groups in total. The highest BCUT2D eigenvalue weighted by Gasteiger charge is 2.20. The Kier molecular flexibility index (Phi) is 6.24. The molecule has 0 spiro atoms. The summed E-state index contributed by atoms with van der Waals surface area (Å²) >= 11 is 3.39. The number of anilines is 1. The first-order valence-corrected chi connectivity index (χ1v) is 8.06. The molecular weight excluding hydrogens is 318 g/mol. The lowest BCUT2D eigenvalue weighted by Crippen LogP contribution is -2.27. The quantitative estimate of drug-likeness (QED) is 0.851. The van der Waals surface area contributed by atoms with Gasteiger partial charge in [0.1, 0.15) is 4.47 Å². The second-order valence-corrected chi connectivity index (χ2v) is 7.20. The number of hydrogen-bond acceptors (Lipinski definition) is 3. The fourth-order valence-electron chi connectivity index (χ4n) is 1.62. The average molecular weight is 344 g/mol. The monoisotopic (exact) mass is 343 g/mol. The van der Waals surface area contributed by atoms with Gasteiger partial charge >= 0.3 is 0 Å². The maximum absolute atomic E-state index is 12.2. The van der Waals surface area contributed by atoms with E-state index in [4.69, 9.17) is 0 Å². The third kappa shape index (κ3) is 4.62. The number of unbranched alkanes of at least 4 members (excludes halogenated alkanes) is 1. The molecule has 1 aromatic heterocycles. The van der Waals surface area contributed by atoms with Crippen molar-refractivity contribution >= 4 is 21.6 Å². The van der Waals surface area contributed by atoms with Gasteiger partial charge in [-0.25, -0.2) is 4.68 Å². The zero-order valence-electron chi connectivity index (χ0n) is 13.2. The van der Waals surface area contributed by atoms with Crippen LogP contribution in [0.3, 0.4) is 0 Å². The Hall–Kier alpha value is -0.840. The minimum atomic E-state index is -0.0631. The molecule has 1 unspecified atom stereocenters. The molecule has 0 aromatic carbocycles. The third-order valence-electron chi connectivity index (χ3n) is 3.79. The van der Waals surface area contributed by atoms with Crippen molar-refractivity contribution < 1.29 is 0 Å². The lowest BCUT2D eigenvalue weighted by atomic mass is 9.82. The molecule has 0 bridgehead atoms. The van der Waals surface area contributed by atoms with Crippen molar-refractivity contribution in [2.24, 2.45) is 11.3 Å². The van der Waals surface area contributed by atoms with E-state index in [2.05, 4.69) is 61.0 Å². The van der Waals surface area contributed by atoms with E-state index in [9.17, 15) is 4.79 Å². The van der Waals surface area contributed by atoms with Crippen LogP contribution in [0.1, 0.15) is 47.5 Å². The van der Waals surface area contributed by atoms with Crippen molar-refractivity contribution in [2.75, 3.05) is 11.9 Å². The minimum Gasteiger partial charge on any atom is -0.382 e. The van der Waals surface area contributed by atoms with E-state index < -0.39 is 0 Å². The van der Waals surface area contributed by atoms with Crippen LogP contribution in [0, 0.1) is 11.3 Å². The number of nitrogens with zero attached hydrogens (tertiary/aromatic N) is 2. The summed E-state index contributed by atoms with van der Waals surface area (Å²) in [6, 6.07) is 0. The molecule has 5 heteroatoms. The fraction of sp³-hybridized carbons (Fsp3) is 0.733. The van der Waals surface area contributed by atoms with E-state index in [-0.39, 0.29) is 11.0 Å². The molecule has 114 valence electrons. The molecule has 0 amide bonds. The molecule has 0 aliphatic rings. The van der Waals surface area contributed by atoms with E-state index in [0.29, 0.717) is 16.9 Å². The first-order valence-electron chi connectivity index (χ1n) is 7.26. The second kappa shape index (κ2) is 7.25. The van der Waals surface area contributed by atoms with Gasteiger partial charge in [0.05, 0.1) is 11.9 Å². The first kappa shape index (κ1) is 17.2. The van der Waals surface area contributed by atoms with Crippen molar-refractivity contribution in [1.29, 1.82) is 0 Å². The zero-order chi connectivity index (χ0) is 15.3. The highest BCUT2D eigenvalue weighted by atomic mass is 79.9. The zero-order valence-corrected chi connectivity index (χ0v) is 14.7. The van der Waals surface area contributed by atoms with Crippen LogP contribution in [0.25, 0.3) is 0 Å². The van der Waals surface area contributed by atoms with Crippen molar-refractivity contribution in [3.63, 3.8) is 0 Å². The van der Waals surface area contributed by atoms with Crippen molar-refractivity contribution in [3.05, 3.63) is 21.0 Å². The van der Waals surface area contributed by atoms with Crippen molar-refractivity contribution in [2.45, 2.75) is 54.0 Å². The van der Waals surface area contributed by atoms with Crippen LogP contribution in [0.5, 0.6) is 0 Å². The molecule has 1 atom stereocenters. The van der Waals surface area contributed by atoms with Crippen molar-refractivity contribution in [3.8, 4) is 0 Å². The summed E-state index contributed by atoms with van der Waals surface area (Å²) in [5, 5.41) is 7.55. The van der Waals surface area contributed by atoms with Crippen LogP contribution in [0.4, 0.5) is 5.69 Å². The van der Waals surface area contributed by atoms with Crippen molar-refractivity contribution in [1.82, 2.24) is 9.78 Å². The molecule has 0 aliphatic carbocycles. The van der Waals surface area contributed by atoms with E-state index in [0.717, 1.165) is 25.1 Å². The molecule has 0 saturated carbocycles. The van der Waals surface area contributed by atoms with Gasteiger partial charge in [-0.3, -0.25) is 4.79 Å².